The van der Waals surface area contributed by atoms with Crippen molar-refractivity contribution >= 4 is 28.3 Å². The number of benzene rings is 1. The maximum absolute atomic E-state index is 12.7. The number of fused-ring (bicyclic) bond motifs is 1. The fraction of sp³-hybridized carbons (Fsp3) is 0.176. The first-order valence-corrected chi connectivity index (χ1v) is 7.34. The molecule has 122 valence electrons. The molecule has 2 heterocycles. The number of hydrogen-bond acceptors (Lipinski definition) is 6. The van der Waals surface area contributed by atoms with Crippen LogP contribution in [-0.4, -0.2) is 28.0 Å². The number of aromatic nitrogens is 3. The Kier molecular flexibility index (Phi) is 3.99. The van der Waals surface area contributed by atoms with Crippen molar-refractivity contribution in [2.75, 3.05) is 18.2 Å². The van der Waals surface area contributed by atoms with Gasteiger partial charge in [-0.1, -0.05) is 0 Å². The number of nitrogens with one attached hydrogen (secondary N) is 1. The molecule has 7 heteroatoms. The monoisotopic (exact) mass is 323 g/mol. The van der Waals surface area contributed by atoms with Gasteiger partial charge in [0.15, 0.2) is 0 Å². The number of methoxy groups -OCH3 is 1. The van der Waals surface area contributed by atoms with Crippen molar-refractivity contribution in [3.8, 4) is 5.88 Å². The van der Waals surface area contributed by atoms with Gasteiger partial charge in [0.1, 0.15) is 11.6 Å². The van der Waals surface area contributed by atoms with Gasteiger partial charge in [0.05, 0.1) is 30.1 Å². The van der Waals surface area contributed by atoms with Crippen LogP contribution in [0.2, 0.25) is 0 Å². The Hall–Kier alpha value is -3.22. The van der Waals surface area contributed by atoms with Gasteiger partial charge in [0.25, 0.3) is 5.91 Å². The minimum absolute atomic E-state index is 0.284. The number of ether oxygens (including phenoxy) is 1. The van der Waals surface area contributed by atoms with Crippen molar-refractivity contribution in [1.82, 2.24) is 15.0 Å². The maximum atomic E-state index is 12.7. The SMILES string of the molecule is COc1ccc(NC(=O)c2cc(C)cc3c(N)nc(C)nc23)cn1. The zero-order valence-corrected chi connectivity index (χ0v) is 13.6. The molecule has 1 aromatic carbocycles. The molecule has 0 saturated heterocycles. The second-order valence-electron chi connectivity index (χ2n) is 5.41. The number of anilines is 2. The number of nitrogens with two attached hydrogens (primary N) is 1. The van der Waals surface area contributed by atoms with Gasteiger partial charge in [-0.3, -0.25) is 4.79 Å². The van der Waals surface area contributed by atoms with E-state index < -0.39 is 0 Å². The van der Waals surface area contributed by atoms with E-state index in [1.165, 1.54) is 13.3 Å². The summed E-state index contributed by atoms with van der Waals surface area (Å²) in [6, 6.07) is 7.04. The molecule has 3 aromatic rings. The van der Waals surface area contributed by atoms with Gasteiger partial charge in [-0.25, -0.2) is 15.0 Å². The predicted molar refractivity (Wildman–Crippen MR) is 92.2 cm³/mol. The van der Waals surface area contributed by atoms with Crippen LogP contribution in [0.5, 0.6) is 5.88 Å². The summed E-state index contributed by atoms with van der Waals surface area (Å²) in [6.45, 7) is 3.63. The quantitative estimate of drug-likeness (QED) is 0.767. The Balaban J connectivity index is 2.02. The summed E-state index contributed by atoms with van der Waals surface area (Å²) >= 11 is 0. The van der Waals surface area contributed by atoms with Crippen molar-refractivity contribution in [2.24, 2.45) is 0 Å². The topological polar surface area (TPSA) is 103 Å². The van der Waals surface area contributed by atoms with E-state index in [0.29, 0.717) is 39.7 Å². The molecule has 3 N–H and O–H groups in total. The lowest BCUT2D eigenvalue weighted by molar-refractivity contribution is 0.102. The molecule has 1 amide bonds. The van der Waals surface area contributed by atoms with Crippen molar-refractivity contribution in [2.45, 2.75) is 13.8 Å². The average Bonchev–Trinajstić information content (AvgIpc) is 2.55. The van der Waals surface area contributed by atoms with Gasteiger partial charge in [0, 0.05) is 11.5 Å². The third-order valence-corrected chi connectivity index (χ3v) is 3.53. The first-order valence-electron chi connectivity index (χ1n) is 7.34. The Labute approximate surface area is 138 Å². The summed E-state index contributed by atoms with van der Waals surface area (Å²) < 4.78 is 5.00. The third-order valence-electron chi connectivity index (χ3n) is 3.53. The lowest BCUT2D eigenvalue weighted by Gasteiger charge is -2.10. The van der Waals surface area contributed by atoms with Gasteiger partial charge in [0.2, 0.25) is 5.88 Å². The van der Waals surface area contributed by atoms with E-state index in [1.54, 1.807) is 25.1 Å². The minimum atomic E-state index is -0.284. The average molecular weight is 323 g/mol. The molecular formula is C17H17N5O2. The number of carbonyl (C=O) groups excluding carboxylic acids is 1. The Bertz CT molecular complexity index is 922. The third kappa shape index (κ3) is 2.96. The number of nitrogens with zero attached hydrogens (tertiary/aromatic N) is 3. The lowest BCUT2D eigenvalue weighted by atomic mass is 10.1. The van der Waals surface area contributed by atoms with Gasteiger partial charge >= 0.3 is 0 Å². The number of amides is 1. The van der Waals surface area contributed by atoms with E-state index in [4.69, 9.17) is 10.5 Å². The van der Waals surface area contributed by atoms with Crippen LogP contribution in [0.4, 0.5) is 11.5 Å². The number of nitrogen functional groups attached to an aromatic ring is 1. The molecule has 3 rings (SSSR count). The minimum Gasteiger partial charge on any atom is -0.481 e. The zero-order chi connectivity index (χ0) is 17.3. The van der Waals surface area contributed by atoms with Crippen LogP contribution in [0.1, 0.15) is 21.7 Å². The van der Waals surface area contributed by atoms with Crippen molar-refractivity contribution in [3.05, 3.63) is 47.4 Å². The van der Waals surface area contributed by atoms with E-state index in [9.17, 15) is 4.79 Å². The van der Waals surface area contributed by atoms with Crippen LogP contribution in [0.3, 0.4) is 0 Å². The highest BCUT2D eigenvalue weighted by Crippen LogP contribution is 2.24. The van der Waals surface area contributed by atoms with Crippen molar-refractivity contribution in [1.29, 1.82) is 0 Å². The first-order chi connectivity index (χ1) is 11.5. The van der Waals surface area contributed by atoms with E-state index in [-0.39, 0.29) is 5.91 Å². The maximum Gasteiger partial charge on any atom is 0.257 e. The van der Waals surface area contributed by atoms with Gasteiger partial charge in [-0.15, -0.1) is 0 Å². The second-order valence-corrected chi connectivity index (χ2v) is 5.41. The van der Waals surface area contributed by atoms with Crippen LogP contribution in [-0.2, 0) is 0 Å². The molecule has 7 nitrogen and oxygen atoms in total. The lowest BCUT2D eigenvalue weighted by Crippen LogP contribution is -2.14. The van der Waals surface area contributed by atoms with E-state index in [0.717, 1.165) is 5.56 Å². The smallest absolute Gasteiger partial charge is 0.257 e. The van der Waals surface area contributed by atoms with Crippen molar-refractivity contribution in [3.63, 3.8) is 0 Å². The van der Waals surface area contributed by atoms with Crippen LogP contribution in [0, 0.1) is 13.8 Å². The number of carbonyl (C=O) groups is 1. The summed E-state index contributed by atoms with van der Waals surface area (Å²) in [6.07, 6.45) is 1.53. The van der Waals surface area contributed by atoms with E-state index in [1.807, 2.05) is 13.0 Å². The molecule has 0 aliphatic heterocycles. The summed E-state index contributed by atoms with van der Waals surface area (Å²) in [4.78, 5) is 25.3. The zero-order valence-electron chi connectivity index (χ0n) is 13.6. The second kappa shape index (κ2) is 6.11. The van der Waals surface area contributed by atoms with E-state index >= 15 is 0 Å². The number of pyridine rings is 1. The van der Waals surface area contributed by atoms with E-state index in [2.05, 4.69) is 20.3 Å². The summed E-state index contributed by atoms with van der Waals surface area (Å²) in [5.41, 5.74) is 8.41. The summed E-state index contributed by atoms with van der Waals surface area (Å²) in [5.74, 6) is 1.07. The normalized spacial score (nSPS) is 10.6. The molecule has 0 bridgehead atoms. The van der Waals surface area contributed by atoms with Gasteiger partial charge in [-0.2, -0.15) is 0 Å². The molecule has 2 aromatic heterocycles. The molecular weight excluding hydrogens is 306 g/mol. The standard InChI is InChI=1S/C17H17N5O2/c1-9-6-12-15(20-10(2)21-16(12)18)13(7-9)17(23)22-11-4-5-14(24-3)19-8-11/h4-8H,1-3H3,(H,22,23)(H2,18,20,21). The molecule has 0 fully saturated rings. The summed E-state index contributed by atoms with van der Waals surface area (Å²) in [5, 5.41) is 3.47. The molecule has 24 heavy (non-hydrogen) atoms. The predicted octanol–water partition coefficient (Wildman–Crippen LogP) is 2.48. The van der Waals surface area contributed by atoms with Crippen LogP contribution < -0.4 is 15.8 Å². The fourth-order valence-corrected chi connectivity index (χ4v) is 2.46. The largest absolute Gasteiger partial charge is 0.481 e. The number of rotatable bonds is 3. The Morgan fingerprint density at radius 1 is 1.21 bits per heavy atom. The van der Waals surface area contributed by atoms with Gasteiger partial charge in [-0.05, 0) is 37.6 Å². The van der Waals surface area contributed by atoms with Gasteiger partial charge < -0.3 is 15.8 Å². The van der Waals surface area contributed by atoms with Crippen LogP contribution >= 0.6 is 0 Å². The molecule has 0 aliphatic rings. The van der Waals surface area contributed by atoms with Crippen LogP contribution in [0.25, 0.3) is 10.9 Å². The molecule has 0 saturated carbocycles. The molecule has 0 spiro atoms. The number of aryl methyl sites for hydroxylation is 2. The molecule has 0 radical (unpaired) electrons. The Morgan fingerprint density at radius 3 is 2.67 bits per heavy atom. The molecule has 0 unspecified atom stereocenters. The molecule has 0 atom stereocenters. The fourth-order valence-electron chi connectivity index (χ4n) is 2.46. The molecule has 0 aliphatic carbocycles. The van der Waals surface area contributed by atoms with Crippen LogP contribution in [0.15, 0.2) is 30.5 Å². The summed E-state index contributed by atoms with van der Waals surface area (Å²) in [7, 11) is 1.53. The highest BCUT2D eigenvalue weighted by atomic mass is 16.5. The Morgan fingerprint density at radius 2 is 2.00 bits per heavy atom. The first kappa shape index (κ1) is 15.7. The van der Waals surface area contributed by atoms with Crippen molar-refractivity contribution < 1.29 is 9.53 Å². The highest BCUT2D eigenvalue weighted by Gasteiger charge is 2.15. The highest BCUT2D eigenvalue weighted by molar-refractivity contribution is 6.13. The number of hydrogen-bond donors (Lipinski definition) is 2.